The molecule has 2 aliphatic rings. The van der Waals surface area contributed by atoms with Crippen molar-refractivity contribution in [2.45, 2.75) is 76.2 Å². The maximum atomic E-state index is 13.9. The molecule has 5 atom stereocenters. The van der Waals surface area contributed by atoms with E-state index in [0.717, 1.165) is 24.8 Å². The molecule has 0 heterocycles. The minimum Gasteiger partial charge on any atom is -0.404 e. The van der Waals surface area contributed by atoms with Gasteiger partial charge in [0.2, 0.25) is 0 Å². The number of carbonyl (C=O) groups is 1. The Kier molecular flexibility index (Phi) is 5.33. The predicted molar refractivity (Wildman–Crippen MR) is 116 cm³/mol. The molecule has 0 aromatic heterocycles. The molecule has 1 aromatic carbocycles. The van der Waals surface area contributed by atoms with Crippen LogP contribution in [0.3, 0.4) is 0 Å². The summed E-state index contributed by atoms with van der Waals surface area (Å²) >= 11 is 3.57. The molecule has 27 heavy (non-hydrogen) atoms. The van der Waals surface area contributed by atoms with Gasteiger partial charge in [0.1, 0.15) is 10.4 Å². The molecule has 4 unspecified atom stereocenters. The summed E-state index contributed by atoms with van der Waals surface area (Å²) in [5, 5.41) is 10.9. The lowest BCUT2D eigenvalue weighted by Crippen LogP contribution is -2.61. The van der Waals surface area contributed by atoms with E-state index in [1.54, 1.807) is 0 Å². The number of aliphatic hydroxyl groups excluding tert-OH is 1. The van der Waals surface area contributed by atoms with E-state index in [2.05, 4.69) is 56.3 Å². The first-order valence-corrected chi connectivity index (χ1v) is 14.3. The average Bonchev–Trinajstić information content (AvgIpc) is 2.91. The van der Waals surface area contributed by atoms with Crippen LogP contribution in [0.1, 0.15) is 51.7 Å². The number of hydrogen-bond acceptors (Lipinski definition) is 3. The van der Waals surface area contributed by atoms with Crippen LogP contribution in [0, 0.1) is 16.7 Å². The molecule has 2 aliphatic carbocycles. The van der Waals surface area contributed by atoms with Crippen LogP contribution in [0.2, 0.25) is 19.6 Å². The summed E-state index contributed by atoms with van der Waals surface area (Å²) < 4.78 is 6.78. The van der Waals surface area contributed by atoms with Gasteiger partial charge in [-0.1, -0.05) is 67.0 Å². The molecule has 5 heteroatoms. The monoisotopic (exact) mass is 452 g/mol. The standard InChI is InChI=1S/C22H33BrO3Si/c1-20(2)16-12-13-21(20,3)22(14-16,26-27(4,5)6)19(25)17(23)18(24)15-10-8-7-9-11-15/h7-11,16-18,24H,12-14H2,1-6H3/t16?,17?,18?,21-,22?/m1/s1. The third-order valence-electron chi connectivity index (χ3n) is 7.41. The van der Waals surface area contributed by atoms with Gasteiger partial charge < -0.3 is 9.53 Å². The van der Waals surface area contributed by atoms with Crippen molar-refractivity contribution in [1.29, 1.82) is 0 Å². The number of benzene rings is 1. The van der Waals surface area contributed by atoms with E-state index < -0.39 is 24.8 Å². The lowest BCUT2D eigenvalue weighted by molar-refractivity contribution is -0.152. The van der Waals surface area contributed by atoms with Crippen LogP contribution in [0.15, 0.2) is 30.3 Å². The summed E-state index contributed by atoms with van der Waals surface area (Å²) in [5.74, 6) is 0.496. The molecule has 150 valence electrons. The normalized spacial score (nSPS) is 34.4. The van der Waals surface area contributed by atoms with E-state index in [0.29, 0.717) is 5.92 Å². The van der Waals surface area contributed by atoms with E-state index in [-0.39, 0.29) is 16.6 Å². The van der Waals surface area contributed by atoms with Crippen molar-refractivity contribution >= 4 is 30.0 Å². The van der Waals surface area contributed by atoms with Crippen molar-refractivity contribution < 1.29 is 14.3 Å². The molecule has 2 fully saturated rings. The van der Waals surface area contributed by atoms with Crippen molar-refractivity contribution in [1.82, 2.24) is 0 Å². The van der Waals surface area contributed by atoms with Gasteiger partial charge in [0.05, 0.1) is 6.10 Å². The molecular formula is C22H33BrO3Si. The number of fused-ring (bicyclic) bond motifs is 2. The summed E-state index contributed by atoms with van der Waals surface area (Å²) in [7, 11) is -1.99. The fourth-order valence-electron chi connectivity index (χ4n) is 5.53. The van der Waals surface area contributed by atoms with Crippen molar-refractivity contribution in [2.24, 2.45) is 16.7 Å². The number of hydrogen-bond donors (Lipinski definition) is 1. The molecule has 0 saturated heterocycles. The van der Waals surface area contributed by atoms with Gasteiger partial charge in [0.25, 0.3) is 0 Å². The third kappa shape index (κ3) is 3.19. The highest BCUT2D eigenvalue weighted by Crippen LogP contribution is 2.71. The molecule has 0 radical (unpaired) electrons. The average molecular weight is 453 g/mol. The lowest BCUT2D eigenvalue weighted by Gasteiger charge is -2.51. The van der Waals surface area contributed by atoms with E-state index in [1.165, 1.54) is 0 Å². The number of carbonyl (C=O) groups excluding carboxylic acids is 1. The molecular weight excluding hydrogens is 420 g/mol. The lowest BCUT2D eigenvalue weighted by atomic mass is 9.62. The smallest absolute Gasteiger partial charge is 0.185 e. The second-order valence-electron chi connectivity index (χ2n) is 10.2. The molecule has 1 N–H and O–H groups in total. The highest BCUT2D eigenvalue weighted by atomic mass is 79.9. The Morgan fingerprint density at radius 1 is 1.22 bits per heavy atom. The first-order chi connectivity index (χ1) is 12.4. The highest BCUT2D eigenvalue weighted by molar-refractivity contribution is 9.10. The van der Waals surface area contributed by atoms with Crippen LogP contribution >= 0.6 is 15.9 Å². The number of alkyl halides is 1. The minimum atomic E-state index is -1.99. The minimum absolute atomic E-state index is 0.0130. The Balaban J connectivity index is 2.01. The van der Waals surface area contributed by atoms with Crippen molar-refractivity contribution in [2.75, 3.05) is 0 Å². The summed E-state index contributed by atoms with van der Waals surface area (Å²) in [6.45, 7) is 13.3. The number of rotatable bonds is 6. The summed E-state index contributed by atoms with van der Waals surface area (Å²) in [6, 6.07) is 9.42. The fourth-order valence-corrected chi connectivity index (χ4v) is 7.66. The maximum absolute atomic E-state index is 13.9. The molecule has 0 aliphatic heterocycles. The molecule has 3 rings (SSSR count). The van der Waals surface area contributed by atoms with E-state index >= 15 is 0 Å². The second-order valence-corrected chi connectivity index (χ2v) is 15.6. The highest BCUT2D eigenvalue weighted by Gasteiger charge is 2.73. The fraction of sp³-hybridized carbons (Fsp3) is 0.682. The number of aliphatic hydroxyl groups is 1. The van der Waals surface area contributed by atoms with Crippen LogP contribution < -0.4 is 0 Å². The van der Waals surface area contributed by atoms with Gasteiger partial charge in [-0.25, -0.2) is 0 Å². The Bertz CT molecular complexity index is 714. The van der Waals surface area contributed by atoms with Gasteiger partial charge in [0, 0.05) is 5.41 Å². The topological polar surface area (TPSA) is 46.5 Å². The quantitative estimate of drug-likeness (QED) is 0.458. The number of halogens is 1. The zero-order chi connectivity index (χ0) is 20.3. The summed E-state index contributed by atoms with van der Waals surface area (Å²) in [5.41, 5.74) is -0.242. The van der Waals surface area contributed by atoms with Crippen molar-refractivity contribution in [3.63, 3.8) is 0 Å². The van der Waals surface area contributed by atoms with Gasteiger partial charge in [-0.15, -0.1) is 0 Å². The van der Waals surface area contributed by atoms with Gasteiger partial charge >= 0.3 is 0 Å². The van der Waals surface area contributed by atoms with Gasteiger partial charge in [-0.2, -0.15) is 0 Å². The Labute approximate surface area is 173 Å². The van der Waals surface area contributed by atoms with E-state index in [9.17, 15) is 9.90 Å². The zero-order valence-corrected chi connectivity index (χ0v) is 20.0. The van der Waals surface area contributed by atoms with E-state index in [1.807, 2.05) is 30.3 Å². The van der Waals surface area contributed by atoms with Gasteiger partial charge in [0.15, 0.2) is 14.1 Å². The molecule has 0 spiro atoms. The van der Waals surface area contributed by atoms with Crippen LogP contribution in [-0.2, 0) is 9.22 Å². The largest absolute Gasteiger partial charge is 0.404 e. The zero-order valence-electron chi connectivity index (χ0n) is 17.4. The maximum Gasteiger partial charge on any atom is 0.185 e. The predicted octanol–water partition coefficient (Wildman–Crippen LogP) is 5.49. The van der Waals surface area contributed by atoms with Crippen LogP contribution in [0.25, 0.3) is 0 Å². The van der Waals surface area contributed by atoms with E-state index in [4.69, 9.17) is 4.43 Å². The summed E-state index contributed by atoms with van der Waals surface area (Å²) in [6.07, 6.45) is 2.04. The molecule has 2 saturated carbocycles. The first-order valence-electron chi connectivity index (χ1n) is 9.97. The van der Waals surface area contributed by atoms with Crippen LogP contribution in [-0.4, -0.2) is 29.6 Å². The second kappa shape index (κ2) is 6.79. The number of Topliss-reactive ketones (excluding diaryl/α,β-unsaturated/α-hetero) is 1. The Morgan fingerprint density at radius 2 is 1.81 bits per heavy atom. The van der Waals surface area contributed by atoms with Crippen molar-refractivity contribution in [3.8, 4) is 0 Å². The SMILES string of the molecule is CC1(C)C2CC[C@@]1(C)C(O[Si](C)(C)C)(C(=O)C(Br)C(O)c1ccccc1)C2. The first kappa shape index (κ1) is 21.2. The van der Waals surface area contributed by atoms with Crippen molar-refractivity contribution in [3.05, 3.63) is 35.9 Å². The molecule has 0 amide bonds. The van der Waals surface area contributed by atoms with Crippen LogP contribution in [0.4, 0.5) is 0 Å². The molecule has 1 aromatic rings. The summed E-state index contributed by atoms with van der Waals surface area (Å²) in [4.78, 5) is 13.3. The number of ketones is 1. The Hall–Kier alpha value is -0.493. The third-order valence-corrected chi connectivity index (χ3v) is 9.29. The van der Waals surface area contributed by atoms with Crippen LogP contribution in [0.5, 0.6) is 0 Å². The van der Waals surface area contributed by atoms with Gasteiger partial charge in [-0.05, 0) is 55.8 Å². The molecule has 2 bridgehead atoms. The Morgan fingerprint density at radius 3 is 2.26 bits per heavy atom. The molecule has 3 nitrogen and oxygen atoms in total. The van der Waals surface area contributed by atoms with Gasteiger partial charge in [-0.3, -0.25) is 4.79 Å².